The van der Waals surface area contributed by atoms with Gasteiger partial charge in [-0.25, -0.2) is 8.42 Å². The maximum Gasteiger partial charge on any atom is 0.252 e. The fourth-order valence-electron chi connectivity index (χ4n) is 3.03. The Morgan fingerprint density at radius 1 is 1.14 bits per heavy atom. The van der Waals surface area contributed by atoms with Gasteiger partial charge in [-0.05, 0) is 24.3 Å². The zero-order valence-corrected chi connectivity index (χ0v) is 16.7. The van der Waals surface area contributed by atoms with Gasteiger partial charge in [0.15, 0.2) is 0 Å². The Morgan fingerprint density at radius 3 is 2.75 bits per heavy atom. The van der Waals surface area contributed by atoms with E-state index in [2.05, 4.69) is 5.32 Å². The zero-order valence-electron chi connectivity index (χ0n) is 15.1. The fourth-order valence-corrected chi connectivity index (χ4v) is 5.89. The Morgan fingerprint density at radius 2 is 1.93 bits per heavy atom. The number of morpholine rings is 1. The number of hydrogen-bond acceptors (Lipinski definition) is 6. The van der Waals surface area contributed by atoms with Crippen LogP contribution in [0.2, 0.25) is 0 Å². The number of hydrogen-bond donors (Lipinski definition) is 1. The zero-order chi connectivity index (χ0) is 19.6. The standard InChI is InChI=1S/C19H20N2O5S2/c22-19(15-11-14-3-1-2-4-17(14)26-13-15)20-12-16-5-6-18(27-16)28(23,24)21-7-9-25-10-8-21/h1-6,11H,7-10,12-13H2,(H,20,22). The van der Waals surface area contributed by atoms with Crippen molar-refractivity contribution in [3.63, 3.8) is 0 Å². The minimum Gasteiger partial charge on any atom is -0.488 e. The van der Waals surface area contributed by atoms with Gasteiger partial charge in [-0.1, -0.05) is 18.2 Å². The molecule has 0 saturated carbocycles. The van der Waals surface area contributed by atoms with Crippen LogP contribution in [0.25, 0.3) is 6.08 Å². The quantitative estimate of drug-likeness (QED) is 0.798. The third kappa shape index (κ3) is 3.97. The van der Waals surface area contributed by atoms with E-state index in [1.807, 2.05) is 30.3 Å². The molecule has 28 heavy (non-hydrogen) atoms. The highest BCUT2D eigenvalue weighted by Gasteiger charge is 2.27. The van der Waals surface area contributed by atoms with Crippen LogP contribution in [0.5, 0.6) is 5.75 Å². The first-order chi connectivity index (χ1) is 13.5. The predicted octanol–water partition coefficient (Wildman–Crippen LogP) is 1.86. The van der Waals surface area contributed by atoms with Crippen molar-refractivity contribution >= 4 is 33.3 Å². The van der Waals surface area contributed by atoms with Crippen LogP contribution in [0.1, 0.15) is 10.4 Å². The molecular weight excluding hydrogens is 400 g/mol. The summed E-state index contributed by atoms with van der Waals surface area (Å²) in [5.74, 6) is 0.538. The van der Waals surface area contributed by atoms with Crippen molar-refractivity contribution in [3.8, 4) is 5.75 Å². The first kappa shape index (κ1) is 19.1. The van der Waals surface area contributed by atoms with Crippen molar-refractivity contribution in [2.75, 3.05) is 32.9 Å². The number of nitrogens with zero attached hydrogens (tertiary/aromatic N) is 1. The van der Waals surface area contributed by atoms with Gasteiger partial charge < -0.3 is 14.8 Å². The van der Waals surface area contributed by atoms with Crippen LogP contribution < -0.4 is 10.1 Å². The number of carbonyl (C=O) groups excluding carboxylic acids is 1. The normalized spacial score (nSPS) is 17.4. The fraction of sp³-hybridized carbons (Fsp3) is 0.316. The molecule has 1 N–H and O–H groups in total. The van der Waals surface area contributed by atoms with E-state index in [4.69, 9.17) is 9.47 Å². The van der Waals surface area contributed by atoms with E-state index in [1.165, 1.54) is 15.6 Å². The molecule has 1 aromatic carbocycles. The first-order valence-corrected chi connectivity index (χ1v) is 11.2. The largest absolute Gasteiger partial charge is 0.488 e. The van der Waals surface area contributed by atoms with Crippen molar-refractivity contribution in [1.82, 2.24) is 9.62 Å². The molecule has 148 valence electrons. The van der Waals surface area contributed by atoms with Crippen LogP contribution in [0.3, 0.4) is 0 Å². The molecule has 2 aliphatic heterocycles. The highest BCUT2D eigenvalue weighted by molar-refractivity contribution is 7.91. The summed E-state index contributed by atoms with van der Waals surface area (Å²) >= 11 is 1.17. The maximum absolute atomic E-state index is 12.7. The number of fused-ring (bicyclic) bond motifs is 1. The minimum atomic E-state index is -3.51. The number of benzene rings is 1. The van der Waals surface area contributed by atoms with Gasteiger partial charge in [0.2, 0.25) is 0 Å². The highest BCUT2D eigenvalue weighted by atomic mass is 32.2. The molecule has 1 fully saturated rings. The number of rotatable bonds is 5. The van der Waals surface area contributed by atoms with E-state index in [-0.39, 0.29) is 23.3 Å². The Hall–Kier alpha value is -2.20. The minimum absolute atomic E-state index is 0.212. The molecule has 9 heteroatoms. The smallest absolute Gasteiger partial charge is 0.252 e. The molecule has 0 radical (unpaired) electrons. The second-order valence-corrected chi connectivity index (χ2v) is 9.75. The molecule has 0 spiro atoms. The summed E-state index contributed by atoms with van der Waals surface area (Å²) in [6, 6.07) is 10.9. The van der Waals surface area contributed by atoms with Crippen molar-refractivity contribution in [2.24, 2.45) is 0 Å². The Labute approximate surface area is 167 Å². The van der Waals surface area contributed by atoms with Crippen molar-refractivity contribution in [2.45, 2.75) is 10.8 Å². The number of sulfonamides is 1. The molecule has 3 heterocycles. The van der Waals surface area contributed by atoms with E-state index in [1.54, 1.807) is 12.1 Å². The lowest BCUT2D eigenvalue weighted by Crippen LogP contribution is -2.40. The molecule has 4 rings (SSSR count). The van der Waals surface area contributed by atoms with E-state index in [0.29, 0.717) is 31.9 Å². The summed E-state index contributed by atoms with van der Waals surface area (Å²) in [4.78, 5) is 13.2. The lowest BCUT2D eigenvalue weighted by atomic mass is 10.1. The summed E-state index contributed by atoms with van der Waals surface area (Å²) in [6.45, 7) is 2.02. The average molecular weight is 421 g/mol. The molecule has 1 saturated heterocycles. The molecular formula is C19H20N2O5S2. The molecule has 1 amide bonds. The SMILES string of the molecule is O=C(NCc1ccc(S(=O)(=O)N2CCOCC2)s1)C1=Cc2ccccc2OC1. The van der Waals surface area contributed by atoms with Gasteiger partial charge in [0.1, 0.15) is 16.6 Å². The van der Waals surface area contributed by atoms with E-state index < -0.39 is 10.0 Å². The second kappa shape index (κ2) is 8.04. The second-order valence-electron chi connectivity index (χ2n) is 6.42. The van der Waals surface area contributed by atoms with Gasteiger partial charge in [0.25, 0.3) is 15.9 Å². The summed E-state index contributed by atoms with van der Waals surface area (Å²) in [7, 11) is -3.51. The van der Waals surface area contributed by atoms with Gasteiger partial charge in [-0.2, -0.15) is 4.31 Å². The summed E-state index contributed by atoms with van der Waals surface area (Å²) in [5, 5.41) is 2.84. The van der Waals surface area contributed by atoms with Gasteiger partial charge in [0, 0.05) is 23.5 Å². The van der Waals surface area contributed by atoms with Gasteiger partial charge in [-0.3, -0.25) is 4.79 Å². The molecule has 0 atom stereocenters. The van der Waals surface area contributed by atoms with E-state index in [9.17, 15) is 13.2 Å². The molecule has 1 aromatic heterocycles. The first-order valence-electron chi connectivity index (χ1n) is 8.91. The molecule has 2 aromatic rings. The Balaban J connectivity index is 1.40. The Bertz CT molecular complexity index is 1010. The number of nitrogens with one attached hydrogen (secondary N) is 1. The number of para-hydroxylation sites is 1. The monoisotopic (exact) mass is 420 g/mol. The molecule has 0 aliphatic carbocycles. The third-order valence-electron chi connectivity index (χ3n) is 4.55. The lowest BCUT2D eigenvalue weighted by molar-refractivity contribution is -0.117. The van der Waals surface area contributed by atoms with Gasteiger partial charge in [0.05, 0.1) is 25.3 Å². The summed E-state index contributed by atoms with van der Waals surface area (Å²) in [5.41, 5.74) is 1.41. The third-order valence-corrected chi connectivity index (χ3v) is 8.00. The molecule has 0 bridgehead atoms. The van der Waals surface area contributed by atoms with Crippen molar-refractivity contribution in [1.29, 1.82) is 0 Å². The van der Waals surface area contributed by atoms with Crippen LogP contribution in [0.15, 0.2) is 46.2 Å². The van der Waals surface area contributed by atoms with Crippen molar-refractivity contribution in [3.05, 3.63) is 52.4 Å². The van der Waals surface area contributed by atoms with Crippen LogP contribution in [0.4, 0.5) is 0 Å². The number of carbonyl (C=O) groups is 1. The number of ether oxygens (including phenoxy) is 2. The predicted molar refractivity (Wildman–Crippen MR) is 106 cm³/mol. The van der Waals surface area contributed by atoms with E-state index >= 15 is 0 Å². The molecule has 2 aliphatic rings. The van der Waals surface area contributed by atoms with Gasteiger partial charge >= 0.3 is 0 Å². The van der Waals surface area contributed by atoms with Gasteiger partial charge in [-0.15, -0.1) is 11.3 Å². The van der Waals surface area contributed by atoms with Crippen LogP contribution in [-0.2, 0) is 26.1 Å². The van der Waals surface area contributed by atoms with Crippen LogP contribution >= 0.6 is 11.3 Å². The van der Waals surface area contributed by atoms with Crippen LogP contribution in [0, 0.1) is 0 Å². The topological polar surface area (TPSA) is 84.9 Å². The maximum atomic E-state index is 12.7. The number of thiophene rings is 1. The molecule has 7 nitrogen and oxygen atoms in total. The number of amides is 1. The average Bonchev–Trinajstić information content (AvgIpc) is 3.22. The van der Waals surface area contributed by atoms with E-state index in [0.717, 1.165) is 16.2 Å². The molecule has 0 unspecified atom stereocenters. The summed E-state index contributed by atoms with van der Waals surface area (Å²) < 4.78 is 37.9. The van der Waals surface area contributed by atoms with Crippen molar-refractivity contribution < 1.29 is 22.7 Å². The van der Waals surface area contributed by atoms with Crippen LogP contribution in [-0.4, -0.2) is 51.5 Å². The lowest BCUT2D eigenvalue weighted by Gasteiger charge is -2.25. The highest BCUT2D eigenvalue weighted by Crippen LogP contribution is 2.27. The summed E-state index contributed by atoms with van der Waals surface area (Å²) in [6.07, 6.45) is 1.82. The Kier molecular flexibility index (Phi) is 5.49.